The average Bonchev–Trinajstić information content (AvgIpc) is 2.62. The van der Waals surface area contributed by atoms with Crippen LogP contribution in [-0.4, -0.2) is 37.1 Å². The molecule has 1 aliphatic heterocycles. The van der Waals surface area contributed by atoms with Crippen LogP contribution in [0, 0.1) is 6.92 Å². The predicted molar refractivity (Wildman–Crippen MR) is 98.7 cm³/mol. The highest BCUT2D eigenvalue weighted by Gasteiger charge is 2.20. The van der Waals surface area contributed by atoms with Gasteiger partial charge in [-0.3, -0.25) is 0 Å². The monoisotopic (exact) mass is 343 g/mol. The van der Waals surface area contributed by atoms with E-state index in [0.29, 0.717) is 11.6 Å². The molecule has 1 heterocycles. The summed E-state index contributed by atoms with van der Waals surface area (Å²) in [5, 5.41) is 3.68. The predicted octanol–water partition coefficient (Wildman–Crippen LogP) is 3.68. The second kappa shape index (κ2) is 7.58. The number of anilines is 1. The number of piperazine rings is 1. The lowest BCUT2D eigenvalue weighted by Gasteiger charge is -2.36. The van der Waals surface area contributed by atoms with E-state index >= 15 is 0 Å². The van der Waals surface area contributed by atoms with Gasteiger partial charge in [-0.2, -0.15) is 0 Å². The van der Waals surface area contributed by atoms with E-state index in [1.165, 1.54) is 11.3 Å². The van der Waals surface area contributed by atoms with Gasteiger partial charge in [0.05, 0.1) is 0 Å². The molecule has 0 aromatic heterocycles. The molecule has 0 bridgehead atoms. The molecule has 0 spiro atoms. The summed E-state index contributed by atoms with van der Waals surface area (Å²) in [5.74, 6) is 0. The first-order valence-corrected chi connectivity index (χ1v) is 8.58. The van der Waals surface area contributed by atoms with Gasteiger partial charge in [-0.15, -0.1) is 0 Å². The van der Waals surface area contributed by atoms with Crippen molar-refractivity contribution in [3.8, 4) is 0 Å². The minimum absolute atomic E-state index is 0.00601. The van der Waals surface area contributed by atoms with Crippen LogP contribution in [0.5, 0.6) is 0 Å². The first kappa shape index (κ1) is 16.7. The Hall–Kier alpha value is -2.20. The van der Waals surface area contributed by atoms with Crippen molar-refractivity contribution in [2.45, 2.75) is 13.5 Å². The highest BCUT2D eigenvalue weighted by molar-refractivity contribution is 6.30. The lowest BCUT2D eigenvalue weighted by Crippen LogP contribution is -2.51. The Bertz CT molecular complexity index is 677. The number of rotatable bonds is 3. The number of nitrogens with zero attached hydrogens (tertiary/aromatic N) is 2. The maximum atomic E-state index is 12.3. The standard InChI is InChI=1S/C19H22ClN3O/c1-15-2-8-18(9-3-15)22-10-12-23(13-11-22)19(24)21-14-16-4-6-17(20)7-5-16/h2-9H,10-14H2,1H3,(H,21,24). The van der Waals surface area contributed by atoms with Crippen molar-refractivity contribution in [3.05, 3.63) is 64.7 Å². The van der Waals surface area contributed by atoms with Crippen LogP contribution in [0.3, 0.4) is 0 Å². The van der Waals surface area contributed by atoms with Crippen LogP contribution in [0.15, 0.2) is 48.5 Å². The molecule has 0 radical (unpaired) electrons. The van der Waals surface area contributed by atoms with Crippen LogP contribution < -0.4 is 10.2 Å². The molecule has 2 amide bonds. The fourth-order valence-corrected chi connectivity index (χ4v) is 2.94. The topological polar surface area (TPSA) is 35.6 Å². The molecule has 126 valence electrons. The number of urea groups is 1. The summed E-state index contributed by atoms with van der Waals surface area (Å²) in [6, 6.07) is 16.1. The number of aryl methyl sites for hydroxylation is 1. The van der Waals surface area contributed by atoms with Crippen molar-refractivity contribution < 1.29 is 4.79 Å². The Morgan fingerprint density at radius 1 is 1.00 bits per heavy atom. The molecule has 1 N–H and O–H groups in total. The highest BCUT2D eigenvalue weighted by atomic mass is 35.5. The van der Waals surface area contributed by atoms with Crippen LogP contribution in [0.25, 0.3) is 0 Å². The van der Waals surface area contributed by atoms with Gasteiger partial charge in [-0.1, -0.05) is 41.4 Å². The first-order chi connectivity index (χ1) is 11.6. The fraction of sp³-hybridized carbons (Fsp3) is 0.316. The minimum atomic E-state index is -0.00601. The van der Waals surface area contributed by atoms with Gasteiger partial charge in [-0.25, -0.2) is 4.79 Å². The number of amides is 2. The summed E-state index contributed by atoms with van der Waals surface area (Å²) < 4.78 is 0. The maximum absolute atomic E-state index is 12.3. The van der Waals surface area contributed by atoms with Gasteiger partial charge in [0.15, 0.2) is 0 Å². The van der Waals surface area contributed by atoms with E-state index in [4.69, 9.17) is 11.6 Å². The van der Waals surface area contributed by atoms with Crippen LogP contribution in [0.4, 0.5) is 10.5 Å². The third-order valence-corrected chi connectivity index (χ3v) is 4.57. The molecule has 1 aliphatic rings. The third kappa shape index (κ3) is 4.20. The molecular weight excluding hydrogens is 322 g/mol. The van der Waals surface area contributed by atoms with Crippen LogP contribution in [-0.2, 0) is 6.54 Å². The normalized spacial score (nSPS) is 14.6. The van der Waals surface area contributed by atoms with Crippen LogP contribution >= 0.6 is 11.6 Å². The molecule has 1 saturated heterocycles. The number of carbonyl (C=O) groups excluding carboxylic acids is 1. The summed E-state index contributed by atoms with van der Waals surface area (Å²) in [5.41, 5.74) is 3.53. The second-order valence-corrected chi connectivity index (χ2v) is 6.53. The van der Waals surface area contributed by atoms with E-state index in [1.54, 1.807) is 0 Å². The van der Waals surface area contributed by atoms with E-state index in [1.807, 2.05) is 29.2 Å². The number of hydrogen-bond donors (Lipinski definition) is 1. The van der Waals surface area contributed by atoms with Crippen molar-refractivity contribution in [2.24, 2.45) is 0 Å². The molecule has 5 heteroatoms. The lowest BCUT2D eigenvalue weighted by molar-refractivity contribution is 0.194. The molecule has 1 fully saturated rings. The summed E-state index contributed by atoms with van der Waals surface area (Å²) in [6.45, 7) is 5.80. The van der Waals surface area contributed by atoms with Crippen molar-refractivity contribution in [1.82, 2.24) is 10.2 Å². The summed E-state index contributed by atoms with van der Waals surface area (Å²) in [4.78, 5) is 16.5. The van der Waals surface area contributed by atoms with E-state index in [2.05, 4.69) is 41.4 Å². The largest absolute Gasteiger partial charge is 0.368 e. The third-order valence-electron chi connectivity index (χ3n) is 4.32. The number of hydrogen-bond acceptors (Lipinski definition) is 2. The second-order valence-electron chi connectivity index (χ2n) is 6.09. The Balaban J connectivity index is 1.48. The van der Waals surface area contributed by atoms with Crippen LogP contribution in [0.1, 0.15) is 11.1 Å². The zero-order valence-electron chi connectivity index (χ0n) is 13.8. The summed E-state index contributed by atoms with van der Waals surface area (Å²) >= 11 is 5.87. The minimum Gasteiger partial charge on any atom is -0.368 e. The molecule has 4 nitrogen and oxygen atoms in total. The van der Waals surface area contributed by atoms with Gasteiger partial charge in [0, 0.05) is 43.4 Å². The van der Waals surface area contributed by atoms with Gasteiger partial charge in [0.2, 0.25) is 0 Å². The Morgan fingerprint density at radius 2 is 1.62 bits per heavy atom. The molecule has 3 rings (SSSR count). The zero-order valence-corrected chi connectivity index (χ0v) is 14.6. The quantitative estimate of drug-likeness (QED) is 0.922. The summed E-state index contributed by atoms with van der Waals surface area (Å²) in [7, 11) is 0. The van der Waals surface area contributed by atoms with Crippen molar-refractivity contribution >= 4 is 23.3 Å². The fourth-order valence-electron chi connectivity index (χ4n) is 2.82. The zero-order chi connectivity index (χ0) is 16.9. The highest BCUT2D eigenvalue weighted by Crippen LogP contribution is 2.17. The summed E-state index contributed by atoms with van der Waals surface area (Å²) in [6.07, 6.45) is 0. The molecule has 0 saturated carbocycles. The van der Waals surface area contributed by atoms with E-state index in [9.17, 15) is 4.79 Å². The maximum Gasteiger partial charge on any atom is 0.317 e. The molecule has 24 heavy (non-hydrogen) atoms. The van der Waals surface area contributed by atoms with Gasteiger partial charge in [0.25, 0.3) is 0 Å². The molecular formula is C19H22ClN3O. The van der Waals surface area contributed by atoms with E-state index in [-0.39, 0.29) is 6.03 Å². The molecule has 2 aromatic carbocycles. The van der Waals surface area contributed by atoms with E-state index in [0.717, 1.165) is 31.7 Å². The van der Waals surface area contributed by atoms with Gasteiger partial charge in [0.1, 0.15) is 0 Å². The van der Waals surface area contributed by atoms with Crippen molar-refractivity contribution in [1.29, 1.82) is 0 Å². The molecule has 0 unspecified atom stereocenters. The average molecular weight is 344 g/mol. The van der Waals surface area contributed by atoms with E-state index < -0.39 is 0 Å². The number of halogens is 1. The van der Waals surface area contributed by atoms with Gasteiger partial charge < -0.3 is 15.1 Å². The Labute approximate surface area is 148 Å². The molecule has 0 aliphatic carbocycles. The SMILES string of the molecule is Cc1ccc(N2CCN(C(=O)NCc3ccc(Cl)cc3)CC2)cc1. The molecule has 2 aromatic rings. The van der Waals surface area contributed by atoms with Crippen molar-refractivity contribution in [2.75, 3.05) is 31.1 Å². The smallest absolute Gasteiger partial charge is 0.317 e. The number of nitrogens with one attached hydrogen (secondary N) is 1. The Kier molecular flexibility index (Phi) is 5.26. The van der Waals surface area contributed by atoms with Gasteiger partial charge >= 0.3 is 6.03 Å². The molecule has 0 atom stereocenters. The Morgan fingerprint density at radius 3 is 2.25 bits per heavy atom. The lowest BCUT2D eigenvalue weighted by atomic mass is 10.2. The number of carbonyl (C=O) groups is 1. The van der Waals surface area contributed by atoms with Gasteiger partial charge in [-0.05, 0) is 36.8 Å². The number of benzene rings is 2. The van der Waals surface area contributed by atoms with Crippen LogP contribution in [0.2, 0.25) is 5.02 Å². The van der Waals surface area contributed by atoms with Crippen molar-refractivity contribution in [3.63, 3.8) is 0 Å². The first-order valence-electron chi connectivity index (χ1n) is 8.21.